The molecule has 26 heavy (non-hydrogen) atoms. The third-order valence-electron chi connectivity index (χ3n) is 3.40. The van der Waals surface area contributed by atoms with Gasteiger partial charge in [0.15, 0.2) is 5.13 Å². The number of carbonyl (C=O) groups excluding carboxylic acids is 2. The fraction of sp³-hybridized carbons (Fsp3) is 0.0556. The number of benzene rings is 2. The summed E-state index contributed by atoms with van der Waals surface area (Å²) in [5.41, 5.74) is 1.13. The Labute approximate surface area is 158 Å². The summed E-state index contributed by atoms with van der Waals surface area (Å²) < 4.78 is 5.20. The largest absolute Gasteiger partial charge is 0.495 e. The molecular formula is C18H14ClN3O3S. The van der Waals surface area contributed by atoms with E-state index in [1.54, 1.807) is 47.8 Å². The number of rotatable bonds is 5. The Morgan fingerprint density at radius 1 is 1.08 bits per heavy atom. The van der Waals surface area contributed by atoms with E-state index in [0.29, 0.717) is 27.2 Å². The van der Waals surface area contributed by atoms with Crippen LogP contribution >= 0.6 is 22.9 Å². The minimum absolute atomic E-state index is 0.181. The zero-order chi connectivity index (χ0) is 18.5. The highest BCUT2D eigenvalue weighted by molar-refractivity contribution is 7.14. The fourth-order valence-electron chi connectivity index (χ4n) is 2.16. The molecule has 132 valence electrons. The SMILES string of the molecule is COc1ccc(Cl)cc1NC(=O)c1csc(NC(=O)c2ccccc2)n1. The number of carbonyl (C=O) groups is 2. The molecule has 2 amide bonds. The average molecular weight is 388 g/mol. The Kier molecular flexibility index (Phi) is 5.50. The molecule has 0 fully saturated rings. The van der Waals surface area contributed by atoms with Crippen LogP contribution in [0.15, 0.2) is 53.9 Å². The molecule has 0 aliphatic carbocycles. The summed E-state index contributed by atoms with van der Waals surface area (Å²) in [4.78, 5) is 28.7. The van der Waals surface area contributed by atoms with Crippen molar-refractivity contribution in [3.8, 4) is 5.75 Å². The molecular weight excluding hydrogens is 374 g/mol. The van der Waals surface area contributed by atoms with Crippen LogP contribution in [-0.4, -0.2) is 23.9 Å². The predicted molar refractivity (Wildman–Crippen MR) is 102 cm³/mol. The maximum Gasteiger partial charge on any atom is 0.275 e. The molecule has 0 bridgehead atoms. The van der Waals surface area contributed by atoms with Crippen molar-refractivity contribution in [3.05, 3.63) is 70.2 Å². The molecule has 0 radical (unpaired) electrons. The summed E-state index contributed by atoms with van der Waals surface area (Å²) in [6, 6.07) is 13.7. The molecule has 0 saturated heterocycles. The van der Waals surface area contributed by atoms with Crippen molar-refractivity contribution in [1.29, 1.82) is 0 Å². The standard InChI is InChI=1S/C18H14ClN3O3S/c1-25-15-8-7-12(19)9-13(15)20-17(24)14-10-26-18(21-14)22-16(23)11-5-3-2-4-6-11/h2-10H,1H3,(H,20,24)(H,21,22,23). The first-order valence-corrected chi connectivity index (χ1v) is 8.79. The Morgan fingerprint density at radius 2 is 1.85 bits per heavy atom. The summed E-state index contributed by atoms with van der Waals surface area (Å²) in [5, 5.41) is 7.74. The number of methoxy groups -OCH3 is 1. The molecule has 2 N–H and O–H groups in total. The normalized spacial score (nSPS) is 10.2. The number of nitrogens with zero attached hydrogens (tertiary/aromatic N) is 1. The number of thiazole rings is 1. The summed E-state index contributed by atoms with van der Waals surface area (Å²) in [6.07, 6.45) is 0. The molecule has 2 aromatic carbocycles. The van der Waals surface area contributed by atoms with Crippen molar-refractivity contribution >= 4 is 45.6 Å². The predicted octanol–water partition coefficient (Wildman–Crippen LogP) is 4.31. The second-order valence-corrected chi connectivity index (χ2v) is 6.45. The lowest BCUT2D eigenvalue weighted by molar-refractivity contribution is 0.101. The van der Waals surface area contributed by atoms with Crippen LogP contribution in [0.1, 0.15) is 20.8 Å². The first kappa shape index (κ1) is 17.9. The maximum absolute atomic E-state index is 12.4. The fourth-order valence-corrected chi connectivity index (χ4v) is 3.02. The van der Waals surface area contributed by atoms with Crippen molar-refractivity contribution in [2.75, 3.05) is 17.7 Å². The van der Waals surface area contributed by atoms with Crippen molar-refractivity contribution in [3.63, 3.8) is 0 Å². The van der Waals surface area contributed by atoms with Crippen LogP contribution in [0.4, 0.5) is 10.8 Å². The van der Waals surface area contributed by atoms with Crippen LogP contribution in [0.25, 0.3) is 0 Å². The summed E-state index contributed by atoms with van der Waals surface area (Å²) >= 11 is 7.12. The third-order valence-corrected chi connectivity index (χ3v) is 4.40. The van der Waals surface area contributed by atoms with E-state index in [9.17, 15) is 9.59 Å². The van der Waals surface area contributed by atoms with Gasteiger partial charge in [-0.25, -0.2) is 4.98 Å². The zero-order valence-corrected chi connectivity index (χ0v) is 15.2. The van der Waals surface area contributed by atoms with Crippen LogP contribution in [0.2, 0.25) is 5.02 Å². The molecule has 3 rings (SSSR count). The molecule has 1 aromatic heterocycles. The minimum atomic E-state index is -0.429. The van der Waals surface area contributed by atoms with Gasteiger partial charge in [0, 0.05) is 16.0 Å². The lowest BCUT2D eigenvalue weighted by Crippen LogP contribution is -2.14. The molecule has 0 unspecified atom stereocenters. The van der Waals surface area contributed by atoms with E-state index in [0.717, 1.165) is 11.3 Å². The van der Waals surface area contributed by atoms with Crippen molar-refractivity contribution in [2.24, 2.45) is 0 Å². The van der Waals surface area contributed by atoms with Crippen LogP contribution in [0.3, 0.4) is 0 Å². The molecule has 1 heterocycles. The minimum Gasteiger partial charge on any atom is -0.495 e. The maximum atomic E-state index is 12.4. The molecule has 6 nitrogen and oxygen atoms in total. The second-order valence-electron chi connectivity index (χ2n) is 5.16. The number of ether oxygens (including phenoxy) is 1. The van der Waals surface area contributed by atoms with E-state index >= 15 is 0 Å². The Balaban J connectivity index is 1.70. The van der Waals surface area contributed by atoms with Crippen molar-refractivity contribution in [1.82, 2.24) is 4.98 Å². The molecule has 0 aliphatic rings. The number of halogens is 1. The van der Waals surface area contributed by atoms with E-state index < -0.39 is 5.91 Å². The first-order chi connectivity index (χ1) is 12.6. The van der Waals surface area contributed by atoms with Crippen molar-refractivity contribution in [2.45, 2.75) is 0 Å². The average Bonchev–Trinajstić information content (AvgIpc) is 3.11. The highest BCUT2D eigenvalue weighted by Gasteiger charge is 2.15. The monoisotopic (exact) mass is 387 g/mol. The van der Waals surface area contributed by atoms with Crippen LogP contribution in [0.5, 0.6) is 5.75 Å². The Bertz CT molecular complexity index is 944. The van der Waals surface area contributed by atoms with Gasteiger partial charge >= 0.3 is 0 Å². The number of hydrogen-bond acceptors (Lipinski definition) is 5. The molecule has 8 heteroatoms. The quantitative estimate of drug-likeness (QED) is 0.683. The van der Waals surface area contributed by atoms with E-state index in [1.807, 2.05) is 6.07 Å². The van der Waals surface area contributed by atoms with Gasteiger partial charge in [-0.05, 0) is 30.3 Å². The van der Waals surface area contributed by atoms with Gasteiger partial charge in [-0.15, -0.1) is 11.3 Å². The lowest BCUT2D eigenvalue weighted by Gasteiger charge is -2.09. The number of aromatic nitrogens is 1. The number of amides is 2. The number of nitrogens with one attached hydrogen (secondary N) is 2. The van der Waals surface area contributed by atoms with E-state index in [-0.39, 0.29) is 11.6 Å². The Hall–Kier alpha value is -2.90. The van der Waals surface area contributed by atoms with Gasteiger partial charge in [-0.2, -0.15) is 0 Å². The van der Waals surface area contributed by atoms with E-state index in [4.69, 9.17) is 16.3 Å². The molecule has 0 spiro atoms. The molecule has 0 aliphatic heterocycles. The molecule has 0 saturated carbocycles. The summed E-state index contributed by atoms with van der Waals surface area (Å²) in [7, 11) is 1.50. The Morgan fingerprint density at radius 3 is 2.58 bits per heavy atom. The van der Waals surface area contributed by atoms with E-state index in [2.05, 4.69) is 15.6 Å². The topological polar surface area (TPSA) is 80.3 Å². The van der Waals surface area contributed by atoms with Crippen LogP contribution in [0, 0.1) is 0 Å². The van der Waals surface area contributed by atoms with Crippen LogP contribution in [-0.2, 0) is 0 Å². The van der Waals surface area contributed by atoms with Crippen LogP contribution < -0.4 is 15.4 Å². The number of hydrogen-bond donors (Lipinski definition) is 2. The van der Waals surface area contributed by atoms with Gasteiger partial charge in [-0.1, -0.05) is 29.8 Å². The van der Waals surface area contributed by atoms with Gasteiger partial charge in [0.25, 0.3) is 11.8 Å². The highest BCUT2D eigenvalue weighted by atomic mass is 35.5. The van der Waals surface area contributed by atoms with E-state index in [1.165, 1.54) is 7.11 Å². The summed E-state index contributed by atoms with van der Waals surface area (Å²) in [6.45, 7) is 0. The second kappa shape index (κ2) is 7.99. The number of anilines is 2. The molecule has 3 aromatic rings. The van der Waals surface area contributed by atoms with Gasteiger partial charge < -0.3 is 10.1 Å². The van der Waals surface area contributed by atoms with Gasteiger partial charge in [-0.3, -0.25) is 14.9 Å². The smallest absolute Gasteiger partial charge is 0.275 e. The summed E-state index contributed by atoms with van der Waals surface area (Å²) in [5.74, 6) is -0.235. The van der Waals surface area contributed by atoms with Gasteiger partial charge in [0.2, 0.25) is 0 Å². The first-order valence-electron chi connectivity index (χ1n) is 7.53. The van der Waals surface area contributed by atoms with Gasteiger partial charge in [0.05, 0.1) is 12.8 Å². The third kappa shape index (κ3) is 4.19. The zero-order valence-electron chi connectivity index (χ0n) is 13.7. The molecule has 0 atom stereocenters. The lowest BCUT2D eigenvalue weighted by atomic mass is 10.2. The highest BCUT2D eigenvalue weighted by Crippen LogP contribution is 2.28. The van der Waals surface area contributed by atoms with Gasteiger partial charge in [0.1, 0.15) is 11.4 Å². The van der Waals surface area contributed by atoms with Crippen molar-refractivity contribution < 1.29 is 14.3 Å².